The fourth-order valence-corrected chi connectivity index (χ4v) is 2.28. The minimum Gasteiger partial charge on any atom is -0.397 e. The maximum absolute atomic E-state index is 5.83. The van der Waals surface area contributed by atoms with Gasteiger partial charge in [-0.25, -0.2) is 4.98 Å². The number of hydrogen-bond donors (Lipinski definition) is 2. The number of anilines is 2. The number of hydrogen-bond acceptors (Lipinski definition) is 3. The Morgan fingerprint density at radius 1 is 1.21 bits per heavy atom. The van der Waals surface area contributed by atoms with Gasteiger partial charge in [-0.2, -0.15) is 0 Å². The van der Waals surface area contributed by atoms with Crippen LogP contribution in [0.1, 0.15) is 29.7 Å². The van der Waals surface area contributed by atoms with Gasteiger partial charge in [-0.1, -0.05) is 29.8 Å². The molecule has 100 valence electrons. The van der Waals surface area contributed by atoms with Gasteiger partial charge in [0.05, 0.1) is 16.4 Å². The summed E-state index contributed by atoms with van der Waals surface area (Å²) in [4.78, 5) is 4.34. The summed E-state index contributed by atoms with van der Waals surface area (Å²) in [6.45, 7) is 6.18. The van der Waals surface area contributed by atoms with Crippen molar-refractivity contribution in [2.45, 2.75) is 26.8 Å². The largest absolute Gasteiger partial charge is 0.397 e. The molecule has 0 saturated carbocycles. The molecule has 0 amide bonds. The average Bonchev–Trinajstić information content (AvgIpc) is 2.40. The molecule has 4 heteroatoms. The summed E-state index contributed by atoms with van der Waals surface area (Å²) < 4.78 is 0.923. The summed E-state index contributed by atoms with van der Waals surface area (Å²) in [6.07, 6.45) is 1.68. The van der Waals surface area contributed by atoms with Crippen molar-refractivity contribution in [1.29, 1.82) is 0 Å². The van der Waals surface area contributed by atoms with Gasteiger partial charge in [-0.3, -0.25) is 0 Å². The lowest BCUT2D eigenvalue weighted by atomic mass is 10.1. The smallest absolute Gasteiger partial charge is 0.141 e. The Morgan fingerprint density at radius 3 is 2.47 bits per heavy atom. The first kappa shape index (κ1) is 13.9. The van der Waals surface area contributed by atoms with Crippen molar-refractivity contribution in [2.75, 3.05) is 11.1 Å². The molecule has 0 fully saturated rings. The molecule has 0 saturated heterocycles. The third-order valence-corrected chi connectivity index (χ3v) is 4.20. The van der Waals surface area contributed by atoms with E-state index in [2.05, 4.69) is 64.3 Å². The van der Waals surface area contributed by atoms with E-state index in [4.69, 9.17) is 5.73 Å². The lowest BCUT2D eigenvalue weighted by molar-refractivity contribution is 0.871. The second-order valence-corrected chi connectivity index (χ2v) is 5.57. The molecule has 0 bridgehead atoms. The van der Waals surface area contributed by atoms with Gasteiger partial charge in [0.25, 0.3) is 0 Å². The quantitative estimate of drug-likeness (QED) is 0.890. The second kappa shape index (κ2) is 5.61. The van der Waals surface area contributed by atoms with Crippen molar-refractivity contribution < 1.29 is 0 Å². The van der Waals surface area contributed by atoms with Crippen molar-refractivity contribution in [1.82, 2.24) is 4.98 Å². The van der Waals surface area contributed by atoms with Crippen LogP contribution in [-0.2, 0) is 0 Å². The van der Waals surface area contributed by atoms with Crippen molar-refractivity contribution >= 4 is 27.4 Å². The van der Waals surface area contributed by atoms with Crippen LogP contribution in [-0.4, -0.2) is 4.98 Å². The number of nitrogens with two attached hydrogens (primary N) is 1. The molecule has 2 rings (SSSR count). The summed E-state index contributed by atoms with van der Waals surface area (Å²) >= 11 is 3.54. The van der Waals surface area contributed by atoms with Gasteiger partial charge >= 0.3 is 0 Å². The standard InChI is InChI=1S/C15H18BrN3/c1-9-4-6-12(7-5-9)11(3)19-15-14(16)10(2)13(17)8-18-15/h4-8,11H,17H2,1-3H3,(H,18,19). The van der Waals surface area contributed by atoms with Crippen LogP contribution in [0.25, 0.3) is 0 Å². The molecule has 3 nitrogen and oxygen atoms in total. The molecule has 1 unspecified atom stereocenters. The molecule has 0 radical (unpaired) electrons. The first-order valence-corrected chi connectivity index (χ1v) is 7.02. The first-order valence-electron chi connectivity index (χ1n) is 6.22. The number of aryl methyl sites for hydroxylation is 1. The van der Waals surface area contributed by atoms with E-state index in [1.54, 1.807) is 6.20 Å². The summed E-state index contributed by atoms with van der Waals surface area (Å²) in [7, 11) is 0. The molecule has 0 spiro atoms. The molecule has 1 heterocycles. The van der Waals surface area contributed by atoms with E-state index in [0.717, 1.165) is 15.9 Å². The number of nitrogens with zero attached hydrogens (tertiary/aromatic N) is 1. The molecule has 2 aromatic rings. The Bertz CT molecular complexity index is 579. The molecular weight excluding hydrogens is 302 g/mol. The maximum atomic E-state index is 5.83. The van der Waals surface area contributed by atoms with Crippen LogP contribution in [0.3, 0.4) is 0 Å². The number of halogens is 1. The highest BCUT2D eigenvalue weighted by Gasteiger charge is 2.11. The van der Waals surface area contributed by atoms with Gasteiger partial charge in [-0.05, 0) is 47.8 Å². The molecule has 0 aliphatic carbocycles. The second-order valence-electron chi connectivity index (χ2n) is 4.78. The molecule has 19 heavy (non-hydrogen) atoms. The van der Waals surface area contributed by atoms with Crippen molar-refractivity contribution in [3.05, 3.63) is 51.6 Å². The van der Waals surface area contributed by atoms with Crippen LogP contribution in [0.15, 0.2) is 34.9 Å². The fraction of sp³-hybridized carbons (Fsp3) is 0.267. The lowest BCUT2D eigenvalue weighted by Gasteiger charge is -2.17. The molecule has 1 aromatic heterocycles. The van der Waals surface area contributed by atoms with E-state index in [-0.39, 0.29) is 6.04 Å². The maximum Gasteiger partial charge on any atom is 0.141 e. The Labute approximate surface area is 122 Å². The van der Waals surface area contributed by atoms with Gasteiger partial charge in [0.2, 0.25) is 0 Å². The Morgan fingerprint density at radius 2 is 1.84 bits per heavy atom. The lowest BCUT2D eigenvalue weighted by Crippen LogP contribution is -2.09. The van der Waals surface area contributed by atoms with Gasteiger partial charge in [0.1, 0.15) is 5.82 Å². The third-order valence-electron chi connectivity index (χ3n) is 3.23. The summed E-state index contributed by atoms with van der Waals surface area (Å²) in [5, 5.41) is 3.40. The van der Waals surface area contributed by atoms with Crippen molar-refractivity contribution in [3.8, 4) is 0 Å². The number of nitrogens with one attached hydrogen (secondary N) is 1. The first-order chi connectivity index (χ1) is 8.99. The zero-order chi connectivity index (χ0) is 14.0. The predicted octanol–water partition coefficient (Wildman–Crippen LogP) is 4.22. The van der Waals surface area contributed by atoms with E-state index in [0.29, 0.717) is 5.69 Å². The highest BCUT2D eigenvalue weighted by atomic mass is 79.9. The van der Waals surface area contributed by atoms with Crippen LogP contribution in [0.5, 0.6) is 0 Å². The topological polar surface area (TPSA) is 50.9 Å². The van der Waals surface area contributed by atoms with Crippen LogP contribution >= 0.6 is 15.9 Å². The number of nitrogen functional groups attached to an aromatic ring is 1. The van der Waals surface area contributed by atoms with Gasteiger partial charge in [-0.15, -0.1) is 0 Å². The van der Waals surface area contributed by atoms with E-state index in [1.807, 2.05) is 6.92 Å². The van der Waals surface area contributed by atoms with E-state index in [9.17, 15) is 0 Å². The molecular formula is C15H18BrN3. The van der Waals surface area contributed by atoms with Gasteiger partial charge in [0.15, 0.2) is 0 Å². The van der Waals surface area contributed by atoms with Crippen molar-refractivity contribution in [2.24, 2.45) is 0 Å². The fourth-order valence-electron chi connectivity index (χ4n) is 1.84. The van der Waals surface area contributed by atoms with Crippen LogP contribution in [0.2, 0.25) is 0 Å². The summed E-state index contributed by atoms with van der Waals surface area (Å²) in [5.74, 6) is 0.819. The minimum absolute atomic E-state index is 0.187. The highest BCUT2D eigenvalue weighted by Crippen LogP contribution is 2.30. The molecule has 1 aromatic carbocycles. The minimum atomic E-state index is 0.187. The molecule has 0 aliphatic heterocycles. The number of aromatic nitrogens is 1. The van der Waals surface area contributed by atoms with Crippen LogP contribution in [0.4, 0.5) is 11.5 Å². The summed E-state index contributed by atoms with van der Waals surface area (Å²) in [6, 6.07) is 8.68. The molecule has 3 N–H and O–H groups in total. The normalized spacial score (nSPS) is 12.2. The number of rotatable bonds is 3. The average molecular weight is 320 g/mol. The van der Waals surface area contributed by atoms with E-state index >= 15 is 0 Å². The number of pyridine rings is 1. The Balaban J connectivity index is 2.21. The predicted molar refractivity (Wildman–Crippen MR) is 84.3 cm³/mol. The van der Waals surface area contributed by atoms with Crippen molar-refractivity contribution in [3.63, 3.8) is 0 Å². The van der Waals surface area contributed by atoms with Crippen LogP contribution in [0, 0.1) is 13.8 Å². The Hall–Kier alpha value is -1.55. The SMILES string of the molecule is Cc1ccc(C(C)Nc2ncc(N)c(C)c2Br)cc1. The third kappa shape index (κ3) is 3.07. The van der Waals surface area contributed by atoms with E-state index in [1.165, 1.54) is 11.1 Å². The highest BCUT2D eigenvalue weighted by molar-refractivity contribution is 9.10. The monoisotopic (exact) mass is 319 g/mol. The zero-order valence-electron chi connectivity index (χ0n) is 11.4. The van der Waals surface area contributed by atoms with Gasteiger partial charge in [0, 0.05) is 6.04 Å². The Kier molecular flexibility index (Phi) is 4.10. The summed E-state index contributed by atoms with van der Waals surface area (Å²) in [5.41, 5.74) is 10.0. The van der Waals surface area contributed by atoms with E-state index < -0.39 is 0 Å². The molecule has 0 aliphatic rings. The molecule has 1 atom stereocenters. The van der Waals surface area contributed by atoms with Gasteiger partial charge < -0.3 is 11.1 Å². The van der Waals surface area contributed by atoms with Crippen LogP contribution < -0.4 is 11.1 Å². The number of benzene rings is 1. The zero-order valence-corrected chi connectivity index (χ0v) is 13.0.